The standard InChI is InChI=1S/C19H26N2O5/c1-13(11-12-18(23)20-15-7-4-3-5-8-15)26-17-10-6-9-16(14(2)22)19(17)21(24)25/h6,9-10,13,15H,3-5,7-8,11-12H2,1-2H3,(H,20,23). The van der Waals surface area contributed by atoms with Gasteiger partial charge in [0.25, 0.3) is 0 Å². The second kappa shape index (κ2) is 9.31. The molecule has 7 heteroatoms. The number of nitro benzene ring substituents is 1. The maximum Gasteiger partial charge on any atom is 0.321 e. The zero-order chi connectivity index (χ0) is 19.1. The Morgan fingerprint density at radius 1 is 1.31 bits per heavy atom. The van der Waals surface area contributed by atoms with Crippen molar-refractivity contribution in [2.75, 3.05) is 0 Å². The lowest BCUT2D eigenvalue weighted by Gasteiger charge is -2.23. The maximum absolute atomic E-state index is 12.1. The van der Waals surface area contributed by atoms with E-state index in [9.17, 15) is 19.7 Å². The summed E-state index contributed by atoms with van der Waals surface area (Å²) >= 11 is 0. The van der Waals surface area contributed by atoms with Gasteiger partial charge in [-0.2, -0.15) is 0 Å². The van der Waals surface area contributed by atoms with E-state index < -0.39 is 4.92 Å². The van der Waals surface area contributed by atoms with E-state index in [0.717, 1.165) is 25.7 Å². The third-order valence-corrected chi connectivity index (χ3v) is 4.64. The van der Waals surface area contributed by atoms with Crippen molar-refractivity contribution in [1.29, 1.82) is 0 Å². The number of nitrogens with one attached hydrogen (secondary N) is 1. The van der Waals surface area contributed by atoms with Crippen LogP contribution in [0.15, 0.2) is 18.2 Å². The molecule has 1 N–H and O–H groups in total. The number of Topliss-reactive ketones (excluding diaryl/α,β-unsaturated/α-hetero) is 1. The largest absolute Gasteiger partial charge is 0.484 e. The average Bonchev–Trinajstić information content (AvgIpc) is 2.60. The zero-order valence-corrected chi connectivity index (χ0v) is 15.3. The number of nitro groups is 1. The number of rotatable bonds is 8. The van der Waals surface area contributed by atoms with Crippen molar-refractivity contribution >= 4 is 17.4 Å². The molecule has 2 rings (SSSR count). The highest BCUT2D eigenvalue weighted by Crippen LogP contribution is 2.32. The minimum atomic E-state index is -0.603. The summed E-state index contributed by atoms with van der Waals surface area (Å²) in [5, 5.41) is 14.4. The van der Waals surface area contributed by atoms with E-state index in [-0.39, 0.29) is 40.8 Å². The molecule has 0 spiro atoms. The summed E-state index contributed by atoms with van der Waals surface area (Å²) in [4.78, 5) is 34.4. The minimum Gasteiger partial charge on any atom is -0.484 e. The van der Waals surface area contributed by atoms with Crippen molar-refractivity contribution in [2.24, 2.45) is 0 Å². The number of ether oxygens (including phenoxy) is 1. The second-order valence-electron chi connectivity index (χ2n) is 6.84. The van der Waals surface area contributed by atoms with E-state index >= 15 is 0 Å². The summed E-state index contributed by atoms with van der Waals surface area (Å²) in [6, 6.07) is 4.71. The number of nitrogens with zero attached hydrogens (tertiary/aromatic N) is 1. The Hall–Kier alpha value is -2.44. The van der Waals surface area contributed by atoms with Crippen molar-refractivity contribution in [1.82, 2.24) is 5.32 Å². The summed E-state index contributed by atoms with van der Waals surface area (Å²) in [5.41, 5.74) is -0.298. The smallest absolute Gasteiger partial charge is 0.321 e. The Labute approximate surface area is 153 Å². The Morgan fingerprint density at radius 2 is 2.00 bits per heavy atom. The van der Waals surface area contributed by atoms with Gasteiger partial charge in [-0.3, -0.25) is 19.7 Å². The zero-order valence-electron chi connectivity index (χ0n) is 15.3. The molecule has 7 nitrogen and oxygen atoms in total. The lowest BCUT2D eigenvalue weighted by Crippen LogP contribution is -2.36. The predicted octanol–water partition coefficient (Wildman–Crippen LogP) is 3.79. The van der Waals surface area contributed by atoms with Crippen LogP contribution < -0.4 is 10.1 Å². The van der Waals surface area contributed by atoms with Gasteiger partial charge >= 0.3 is 5.69 Å². The van der Waals surface area contributed by atoms with Gasteiger partial charge < -0.3 is 10.1 Å². The molecule has 1 unspecified atom stereocenters. The summed E-state index contributed by atoms with van der Waals surface area (Å²) in [5.74, 6) is -0.344. The van der Waals surface area contributed by atoms with Crippen molar-refractivity contribution in [3.63, 3.8) is 0 Å². The number of para-hydroxylation sites is 1. The summed E-state index contributed by atoms with van der Waals surface area (Å²) in [7, 11) is 0. The molecule has 142 valence electrons. The number of amides is 1. The number of carbonyl (C=O) groups is 2. The van der Waals surface area contributed by atoms with Crippen LogP contribution in [0.1, 0.15) is 69.2 Å². The number of ketones is 1. The molecule has 1 fully saturated rings. The molecule has 0 radical (unpaired) electrons. The van der Waals surface area contributed by atoms with Crippen LogP contribution >= 0.6 is 0 Å². The fourth-order valence-corrected chi connectivity index (χ4v) is 3.25. The molecule has 1 aliphatic rings. The summed E-state index contributed by atoms with van der Waals surface area (Å²) in [6.07, 6.45) is 5.96. The molecule has 1 aromatic rings. The fraction of sp³-hybridized carbons (Fsp3) is 0.579. The van der Waals surface area contributed by atoms with Gasteiger partial charge in [-0.1, -0.05) is 25.3 Å². The van der Waals surface area contributed by atoms with E-state index in [1.807, 2.05) is 0 Å². The van der Waals surface area contributed by atoms with E-state index in [2.05, 4.69) is 5.32 Å². The topological polar surface area (TPSA) is 98.5 Å². The van der Waals surface area contributed by atoms with Gasteiger partial charge in [0, 0.05) is 12.5 Å². The molecule has 0 bridgehead atoms. The van der Waals surface area contributed by atoms with Gasteiger partial charge in [0.05, 0.1) is 16.6 Å². The number of benzene rings is 1. The number of hydrogen-bond donors (Lipinski definition) is 1. The van der Waals surface area contributed by atoms with Crippen molar-refractivity contribution in [2.45, 2.75) is 70.9 Å². The molecule has 1 aromatic carbocycles. The van der Waals surface area contributed by atoms with Gasteiger partial charge in [0.2, 0.25) is 5.91 Å². The summed E-state index contributed by atoms with van der Waals surface area (Å²) < 4.78 is 5.66. The van der Waals surface area contributed by atoms with E-state index in [1.54, 1.807) is 13.0 Å². The van der Waals surface area contributed by atoms with Gasteiger partial charge in [-0.25, -0.2) is 0 Å². The number of hydrogen-bond acceptors (Lipinski definition) is 5. The van der Waals surface area contributed by atoms with Gasteiger partial charge in [-0.15, -0.1) is 0 Å². The highest BCUT2D eigenvalue weighted by molar-refractivity contribution is 5.99. The highest BCUT2D eigenvalue weighted by Gasteiger charge is 2.25. The van der Waals surface area contributed by atoms with Crippen LogP contribution in [0.2, 0.25) is 0 Å². The maximum atomic E-state index is 12.1. The van der Waals surface area contributed by atoms with E-state index in [1.165, 1.54) is 25.5 Å². The first-order valence-electron chi connectivity index (χ1n) is 9.13. The number of carbonyl (C=O) groups excluding carboxylic acids is 2. The molecular weight excluding hydrogens is 336 g/mol. The lowest BCUT2D eigenvalue weighted by molar-refractivity contribution is -0.386. The van der Waals surface area contributed by atoms with Gasteiger partial charge in [0.1, 0.15) is 0 Å². The minimum absolute atomic E-state index is 0.0145. The molecule has 0 aliphatic heterocycles. The molecule has 0 heterocycles. The molecular formula is C19H26N2O5. The predicted molar refractivity (Wildman–Crippen MR) is 97.4 cm³/mol. The Bertz CT molecular complexity index is 668. The van der Waals surface area contributed by atoms with Crippen LogP contribution in [0.25, 0.3) is 0 Å². The molecule has 1 amide bonds. The normalized spacial score (nSPS) is 15.9. The van der Waals surface area contributed by atoms with E-state index in [4.69, 9.17) is 4.74 Å². The second-order valence-corrected chi connectivity index (χ2v) is 6.84. The van der Waals surface area contributed by atoms with Gasteiger partial charge in [0.15, 0.2) is 11.5 Å². The first-order valence-corrected chi connectivity index (χ1v) is 9.13. The first kappa shape index (κ1) is 19.9. The summed E-state index contributed by atoms with van der Waals surface area (Å²) in [6.45, 7) is 3.04. The van der Waals surface area contributed by atoms with Crippen LogP contribution in [0, 0.1) is 10.1 Å². The van der Waals surface area contributed by atoms with Gasteiger partial charge in [-0.05, 0) is 45.2 Å². The Morgan fingerprint density at radius 3 is 2.62 bits per heavy atom. The fourth-order valence-electron chi connectivity index (χ4n) is 3.25. The van der Waals surface area contributed by atoms with Crippen molar-refractivity contribution in [3.05, 3.63) is 33.9 Å². The molecule has 0 saturated heterocycles. The van der Waals surface area contributed by atoms with Crippen LogP contribution in [0.5, 0.6) is 5.75 Å². The van der Waals surface area contributed by atoms with Crippen LogP contribution in [0.4, 0.5) is 5.69 Å². The third-order valence-electron chi connectivity index (χ3n) is 4.64. The SMILES string of the molecule is CC(=O)c1cccc(OC(C)CCC(=O)NC2CCCCC2)c1[N+](=O)[O-]. The van der Waals surface area contributed by atoms with Crippen LogP contribution in [-0.4, -0.2) is 28.8 Å². The molecule has 26 heavy (non-hydrogen) atoms. The quantitative estimate of drug-likeness (QED) is 0.431. The third kappa shape index (κ3) is 5.54. The van der Waals surface area contributed by atoms with Crippen LogP contribution in [-0.2, 0) is 4.79 Å². The average molecular weight is 362 g/mol. The van der Waals surface area contributed by atoms with E-state index in [0.29, 0.717) is 12.8 Å². The monoisotopic (exact) mass is 362 g/mol. The molecule has 1 saturated carbocycles. The Balaban J connectivity index is 1.92. The molecule has 1 aliphatic carbocycles. The molecule has 1 atom stereocenters. The first-order chi connectivity index (χ1) is 12.4. The van der Waals surface area contributed by atoms with Crippen LogP contribution in [0.3, 0.4) is 0 Å². The Kier molecular flexibility index (Phi) is 7.12. The highest BCUT2D eigenvalue weighted by atomic mass is 16.6. The van der Waals surface area contributed by atoms with Crippen molar-refractivity contribution in [3.8, 4) is 5.75 Å². The van der Waals surface area contributed by atoms with Crippen molar-refractivity contribution < 1.29 is 19.2 Å². The molecule has 0 aromatic heterocycles. The lowest BCUT2D eigenvalue weighted by atomic mass is 9.95.